The van der Waals surface area contributed by atoms with Gasteiger partial charge < -0.3 is 14.8 Å². The molecule has 0 atom stereocenters. The largest absolute Gasteiger partial charge is 0.465 e. The molecule has 1 rings (SSSR count). The van der Waals surface area contributed by atoms with E-state index in [-0.39, 0.29) is 6.79 Å². The lowest BCUT2D eigenvalue weighted by atomic mass is 10.2. The molecule has 0 radical (unpaired) electrons. The second-order valence-electron chi connectivity index (χ2n) is 4.46. The zero-order valence-corrected chi connectivity index (χ0v) is 14.1. The quantitative estimate of drug-likeness (QED) is 0.726. The molecule has 0 bridgehead atoms. The second kappa shape index (κ2) is 8.15. The molecule has 0 amide bonds. The molecule has 0 heterocycles. The van der Waals surface area contributed by atoms with Gasteiger partial charge in [-0.15, -0.1) is 0 Å². The molecule has 0 saturated heterocycles. The Balaban J connectivity index is 2.67. The van der Waals surface area contributed by atoms with Gasteiger partial charge in [-0.2, -0.15) is 0 Å². The van der Waals surface area contributed by atoms with Crippen molar-refractivity contribution in [1.82, 2.24) is 5.32 Å². The molecule has 102 valence electrons. The van der Waals surface area contributed by atoms with E-state index in [9.17, 15) is 0 Å². The zero-order valence-electron chi connectivity index (χ0n) is 10.9. The van der Waals surface area contributed by atoms with Gasteiger partial charge in [0.1, 0.15) is 0 Å². The van der Waals surface area contributed by atoms with Crippen LogP contribution in [0.5, 0.6) is 5.75 Å². The Kier molecular flexibility index (Phi) is 7.22. The molecule has 1 N–H and O–H groups in total. The first-order chi connectivity index (χ1) is 8.54. The summed E-state index contributed by atoms with van der Waals surface area (Å²) in [4.78, 5) is 0. The minimum atomic E-state index is 0.238. The Bertz CT molecular complexity index is 360. The predicted molar refractivity (Wildman–Crippen MR) is 80.9 cm³/mol. The Morgan fingerprint density at radius 2 is 1.83 bits per heavy atom. The number of halogens is 2. The summed E-state index contributed by atoms with van der Waals surface area (Å²) in [5, 5.41) is 3.41. The van der Waals surface area contributed by atoms with Gasteiger partial charge in [-0.3, -0.25) is 0 Å². The molecule has 0 aliphatic carbocycles. The predicted octanol–water partition coefficient (Wildman–Crippen LogP) is 3.94. The molecular weight excluding hydrogens is 362 g/mol. The van der Waals surface area contributed by atoms with Crippen molar-refractivity contribution in [3.63, 3.8) is 0 Å². The van der Waals surface area contributed by atoms with Gasteiger partial charge in [0.15, 0.2) is 12.5 Å². The summed E-state index contributed by atoms with van der Waals surface area (Å²) in [5.41, 5.74) is 1.21. The van der Waals surface area contributed by atoms with E-state index in [2.05, 4.69) is 63.2 Å². The molecule has 0 aliphatic heterocycles. The number of hydrogen-bond donors (Lipinski definition) is 1. The molecule has 3 nitrogen and oxygen atoms in total. The van der Waals surface area contributed by atoms with Gasteiger partial charge in [0.2, 0.25) is 0 Å². The van der Waals surface area contributed by atoms with Crippen molar-refractivity contribution in [1.29, 1.82) is 0 Å². The molecule has 0 aromatic heterocycles. The third kappa shape index (κ3) is 5.26. The molecule has 5 heteroatoms. The normalized spacial score (nSPS) is 11.0. The van der Waals surface area contributed by atoms with Gasteiger partial charge >= 0.3 is 0 Å². The van der Waals surface area contributed by atoms with Crippen molar-refractivity contribution in [3.8, 4) is 5.75 Å². The Hall–Kier alpha value is -0.100. The second-order valence-corrected chi connectivity index (χ2v) is 6.17. The summed E-state index contributed by atoms with van der Waals surface area (Å²) in [6.45, 7) is 6.49. The molecular formula is C13H19Br2NO2. The summed E-state index contributed by atoms with van der Waals surface area (Å²) >= 11 is 7.02. The highest BCUT2D eigenvalue weighted by atomic mass is 79.9. The summed E-state index contributed by atoms with van der Waals surface area (Å²) < 4.78 is 12.2. The van der Waals surface area contributed by atoms with Crippen LogP contribution in [0.4, 0.5) is 0 Å². The van der Waals surface area contributed by atoms with E-state index in [1.807, 2.05) is 0 Å². The number of ether oxygens (including phenoxy) is 2. The molecule has 0 aliphatic rings. The van der Waals surface area contributed by atoms with E-state index in [4.69, 9.17) is 9.47 Å². The van der Waals surface area contributed by atoms with E-state index in [0.29, 0.717) is 5.92 Å². The number of methoxy groups -OCH3 is 1. The monoisotopic (exact) mass is 379 g/mol. The zero-order chi connectivity index (χ0) is 13.5. The van der Waals surface area contributed by atoms with Crippen molar-refractivity contribution >= 4 is 31.9 Å². The summed E-state index contributed by atoms with van der Waals surface area (Å²) in [7, 11) is 1.60. The number of hydrogen-bond acceptors (Lipinski definition) is 3. The summed E-state index contributed by atoms with van der Waals surface area (Å²) in [5.74, 6) is 1.42. The molecule has 0 spiro atoms. The molecule has 1 aromatic rings. The van der Waals surface area contributed by atoms with Crippen LogP contribution in [0.15, 0.2) is 21.1 Å². The van der Waals surface area contributed by atoms with Crippen molar-refractivity contribution in [2.45, 2.75) is 20.4 Å². The first-order valence-corrected chi connectivity index (χ1v) is 7.43. The first kappa shape index (κ1) is 16.0. The van der Waals surface area contributed by atoms with E-state index in [1.54, 1.807) is 7.11 Å². The lowest BCUT2D eigenvalue weighted by Crippen LogP contribution is -2.19. The van der Waals surface area contributed by atoms with E-state index in [0.717, 1.165) is 27.8 Å². The highest BCUT2D eigenvalue weighted by Crippen LogP contribution is 2.34. The van der Waals surface area contributed by atoms with E-state index < -0.39 is 0 Å². The maximum Gasteiger partial charge on any atom is 0.188 e. The topological polar surface area (TPSA) is 30.5 Å². The van der Waals surface area contributed by atoms with Crippen LogP contribution in [0.25, 0.3) is 0 Å². The minimum Gasteiger partial charge on any atom is -0.465 e. The average molecular weight is 381 g/mol. The first-order valence-electron chi connectivity index (χ1n) is 5.85. The fourth-order valence-corrected chi connectivity index (χ4v) is 2.99. The van der Waals surface area contributed by atoms with Crippen molar-refractivity contribution in [3.05, 3.63) is 26.6 Å². The molecule has 0 unspecified atom stereocenters. The number of nitrogens with one attached hydrogen (secondary N) is 1. The highest BCUT2D eigenvalue weighted by molar-refractivity contribution is 9.11. The maximum absolute atomic E-state index is 5.48. The minimum absolute atomic E-state index is 0.238. The van der Waals surface area contributed by atoms with Crippen LogP contribution in [0.2, 0.25) is 0 Å². The van der Waals surface area contributed by atoms with Gasteiger partial charge in [0.25, 0.3) is 0 Å². The van der Waals surface area contributed by atoms with Crippen LogP contribution in [0, 0.1) is 5.92 Å². The van der Waals surface area contributed by atoms with Crippen molar-refractivity contribution < 1.29 is 9.47 Å². The molecule has 0 saturated carbocycles. The van der Waals surface area contributed by atoms with Gasteiger partial charge in [0.05, 0.1) is 8.95 Å². The van der Waals surface area contributed by atoms with Gasteiger partial charge in [-0.05, 0) is 62.0 Å². The Morgan fingerprint density at radius 1 is 1.22 bits per heavy atom. The third-order valence-electron chi connectivity index (χ3n) is 2.26. The van der Waals surface area contributed by atoms with E-state index in [1.165, 1.54) is 5.56 Å². The summed E-state index contributed by atoms with van der Waals surface area (Å²) in [6.07, 6.45) is 0. The maximum atomic E-state index is 5.48. The summed E-state index contributed by atoms with van der Waals surface area (Å²) in [6, 6.07) is 4.12. The van der Waals surface area contributed by atoms with Crippen LogP contribution in [0.3, 0.4) is 0 Å². The Morgan fingerprint density at radius 3 is 2.33 bits per heavy atom. The lowest BCUT2D eigenvalue weighted by Gasteiger charge is -2.12. The smallest absolute Gasteiger partial charge is 0.188 e. The molecule has 18 heavy (non-hydrogen) atoms. The fourth-order valence-electron chi connectivity index (χ4n) is 1.48. The van der Waals surface area contributed by atoms with E-state index >= 15 is 0 Å². The van der Waals surface area contributed by atoms with Crippen LogP contribution >= 0.6 is 31.9 Å². The Labute approximate surface area is 125 Å². The SMILES string of the molecule is COCOc1c(Br)cc(CNCC(C)C)cc1Br. The third-order valence-corrected chi connectivity index (χ3v) is 3.44. The fraction of sp³-hybridized carbons (Fsp3) is 0.538. The standard InChI is InChI=1S/C13H19Br2NO2/c1-9(2)6-16-7-10-4-11(14)13(12(15)5-10)18-8-17-3/h4-5,9,16H,6-8H2,1-3H3. The van der Waals surface area contributed by atoms with Crippen LogP contribution in [0.1, 0.15) is 19.4 Å². The van der Waals surface area contributed by atoms with Crippen molar-refractivity contribution in [2.24, 2.45) is 5.92 Å². The van der Waals surface area contributed by atoms with Crippen molar-refractivity contribution in [2.75, 3.05) is 20.4 Å². The van der Waals surface area contributed by atoms with Crippen LogP contribution < -0.4 is 10.1 Å². The van der Waals surface area contributed by atoms with Gasteiger partial charge in [0, 0.05) is 13.7 Å². The highest BCUT2D eigenvalue weighted by Gasteiger charge is 2.09. The van der Waals surface area contributed by atoms with Gasteiger partial charge in [-0.25, -0.2) is 0 Å². The van der Waals surface area contributed by atoms with Crippen LogP contribution in [-0.4, -0.2) is 20.4 Å². The number of benzene rings is 1. The molecule has 0 fully saturated rings. The molecule has 1 aromatic carbocycles. The lowest BCUT2D eigenvalue weighted by molar-refractivity contribution is 0.0500. The average Bonchev–Trinajstić information content (AvgIpc) is 2.27. The van der Waals surface area contributed by atoms with Gasteiger partial charge in [-0.1, -0.05) is 13.8 Å². The van der Waals surface area contributed by atoms with Crippen LogP contribution in [-0.2, 0) is 11.3 Å². The number of rotatable bonds is 7.